The van der Waals surface area contributed by atoms with Crippen molar-refractivity contribution in [3.63, 3.8) is 0 Å². The Labute approximate surface area is 89.0 Å². The first-order valence-electron chi connectivity index (χ1n) is 4.03. The van der Waals surface area contributed by atoms with Gasteiger partial charge in [-0.1, -0.05) is 11.8 Å². The Kier molecular flexibility index (Phi) is 2.62. The standard InChI is InChI=1S/C7H8N4O3S/c8-9-7-10(3-4-15-7)5-1-2-6(14-5)11(12)13/h1-4,7,9H,8H2. The van der Waals surface area contributed by atoms with Gasteiger partial charge in [-0.3, -0.25) is 20.9 Å². The molecule has 0 aromatic carbocycles. The number of nitrogens with one attached hydrogen (secondary N) is 1. The Bertz CT molecular complexity index is 405. The zero-order valence-corrected chi connectivity index (χ0v) is 8.31. The van der Waals surface area contributed by atoms with E-state index >= 15 is 0 Å². The first kappa shape index (κ1) is 10.0. The van der Waals surface area contributed by atoms with Crippen molar-refractivity contribution in [3.05, 3.63) is 33.9 Å². The Morgan fingerprint density at radius 3 is 3.07 bits per heavy atom. The van der Waals surface area contributed by atoms with Gasteiger partial charge in [0.25, 0.3) is 0 Å². The molecule has 0 bridgehead atoms. The summed E-state index contributed by atoms with van der Waals surface area (Å²) in [5.41, 5.74) is 2.35. The molecule has 0 radical (unpaired) electrons. The number of thioether (sulfide) groups is 1. The van der Waals surface area contributed by atoms with E-state index in [4.69, 9.17) is 10.3 Å². The number of nitrogens with two attached hydrogens (primary N) is 1. The van der Waals surface area contributed by atoms with E-state index in [2.05, 4.69) is 5.43 Å². The molecular weight excluding hydrogens is 220 g/mol. The number of hydrazine groups is 1. The van der Waals surface area contributed by atoms with E-state index in [0.29, 0.717) is 5.88 Å². The van der Waals surface area contributed by atoms with Crippen molar-refractivity contribution in [2.75, 3.05) is 4.90 Å². The van der Waals surface area contributed by atoms with Gasteiger partial charge >= 0.3 is 5.88 Å². The lowest BCUT2D eigenvalue weighted by atomic mass is 10.5. The zero-order chi connectivity index (χ0) is 10.8. The van der Waals surface area contributed by atoms with Gasteiger partial charge < -0.3 is 4.42 Å². The third kappa shape index (κ3) is 1.82. The second-order valence-electron chi connectivity index (χ2n) is 2.72. The maximum Gasteiger partial charge on any atom is 0.434 e. The molecule has 80 valence electrons. The van der Waals surface area contributed by atoms with Crippen molar-refractivity contribution < 1.29 is 9.34 Å². The molecule has 0 aliphatic carbocycles. The van der Waals surface area contributed by atoms with Gasteiger partial charge in [0.15, 0.2) is 5.50 Å². The summed E-state index contributed by atoms with van der Waals surface area (Å²) >= 11 is 1.44. The van der Waals surface area contributed by atoms with Crippen LogP contribution in [0.25, 0.3) is 0 Å². The molecule has 1 atom stereocenters. The summed E-state index contributed by atoms with van der Waals surface area (Å²) in [4.78, 5) is 11.5. The van der Waals surface area contributed by atoms with Crippen molar-refractivity contribution in [1.29, 1.82) is 0 Å². The van der Waals surface area contributed by atoms with Gasteiger partial charge in [-0.05, 0) is 5.41 Å². The molecule has 0 saturated carbocycles. The Balaban J connectivity index is 2.21. The summed E-state index contributed by atoms with van der Waals surface area (Å²) in [7, 11) is 0. The van der Waals surface area contributed by atoms with Crippen LogP contribution in [0.4, 0.5) is 11.8 Å². The quantitative estimate of drug-likeness (QED) is 0.451. The normalized spacial score (nSPS) is 19.8. The van der Waals surface area contributed by atoms with Crippen LogP contribution >= 0.6 is 11.8 Å². The highest BCUT2D eigenvalue weighted by molar-refractivity contribution is 8.03. The van der Waals surface area contributed by atoms with Crippen molar-refractivity contribution in [2.24, 2.45) is 5.84 Å². The van der Waals surface area contributed by atoms with E-state index in [1.54, 1.807) is 11.1 Å². The number of rotatable bonds is 3. The second-order valence-corrected chi connectivity index (χ2v) is 3.71. The summed E-state index contributed by atoms with van der Waals surface area (Å²) < 4.78 is 5.03. The van der Waals surface area contributed by atoms with E-state index in [1.165, 1.54) is 23.9 Å². The van der Waals surface area contributed by atoms with E-state index in [1.807, 2.05) is 5.41 Å². The molecule has 1 aromatic heterocycles. The van der Waals surface area contributed by atoms with Gasteiger partial charge in [0.05, 0.1) is 6.07 Å². The lowest BCUT2D eigenvalue weighted by Gasteiger charge is -2.20. The SMILES string of the molecule is NNC1SC=CN1c1ccc([N+](=O)[O-])o1. The fourth-order valence-corrected chi connectivity index (χ4v) is 1.92. The van der Waals surface area contributed by atoms with Gasteiger partial charge in [0.1, 0.15) is 4.92 Å². The predicted octanol–water partition coefficient (Wildman–Crippen LogP) is 0.959. The molecule has 7 nitrogen and oxygen atoms in total. The Morgan fingerprint density at radius 1 is 1.67 bits per heavy atom. The number of nitro groups is 1. The molecule has 0 amide bonds. The summed E-state index contributed by atoms with van der Waals surface area (Å²) in [5.74, 6) is 5.39. The summed E-state index contributed by atoms with van der Waals surface area (Å²) in [6.07, 6.45) is 1.73. The van der Waals surface area contributed by atoms with Crippen LogP contribution in [0.3, 0.4) is 0 Å². The molecule has 0 saturated heterocycles. The summed E-state index contributed by atoms with van der Waals surface area (Å²) in [5, 5.41) is 12.2. The van der Waals surface area contributed by atoms with E-state index < -0.39 is 4.92 Å². The van der Waals surface area contributed by atoms with Crippen molar-refractivity contribution >= 4 is 23.5 Å². The monoisotopic (exact) mass is 228 g/mol. The van der Waals surface area contributed by atoms with Crippen LogP contribution in [0, 0.1) is 10.1 Å². The van der Waals surface area contributed by atoms with Crippen molar-refractivity contribution in [1.82, 2.24) is 5.43 Å². The first-order valence-corrected chi connectivity index (χ1v) is 4.97. The number of hydrogen-bond donors (Lipinski definition) is 2. The minimum Gasteiger partial charge on any atom is -0.384 e. The van der Waals surface area contributed by atoms with Gasteiger partial charge in [0.2, 0.25) is 5.88 Å². The highest BCUT2D eigenvalue weighted by atomic mass is 32.2. The van der Waals surface area contributed by atoms with Gasteiger partial charge in [0, 0.05) is 12.3 Å². The topological polar surface area (TPSA) is 97.6 Å². The number of hydrogen-bond acceptors (Lipinski definition) is 7. The third-order valence-electron chi connectivity index (χ3n) is 1.84. The molecule has 2 heterocycles. The van der Waals surface area contributed by atoms with Crippen LogP contribution in [0.5, 0.6) is 0 Å². The van der Waals surface area contributed by atoms with E-state index in [-0.39, 0.29) is 11.4 Å². The molecule has 0 spiro atoms. The third-order valence-corrected chi connectivity index (χ3v) is 2.74. The van der Waals surface area contributed by atoms with Gasteiger partial charge in [-0.2, -0.15) is 0 Å². The molecule has 1 aliphatic rings. The lowest BCUT2D eigenvalue weighted by molar-refractivity contribution is -0.401. The second kappa shape index (κ2) is 3.93. The minimum absolute atomic E-state index is 0.198. The number of furan rings is 1. The zero-order valence-electron chi connectivity index (χ0n) is 7.49. The van der Waals surface area contributed by atoms with Gasteiger partial charge in [-0.15, -0.1) is 0 Å². The smallest absolute Gasteiger partial charge is 0.384 e. The van der Waals surface area contributed by atoms with Crippen LogP contribution in [0.15, 0.2) is 28.2 Å². The van der Waals surface area contributed by atoms with Crippen LogP contribution < -0.4 is 16.2 Å². The largest absolute Gasteiger partial charge is 0.434 e. The first-order chi connectivity index (χ1) is 7.22. The Hall–Kier alpha value is -1.51. The molecule has 3 N–H and O–H groups in total. The lowest BCUT2D eigenvalue weighted by Crippen LogP contribution is -2.41. The summed E-state index contributed by atoms with van der Waals surface area (Å²) in [6.45, 7) is 0. The van der Waals surface area contributed by atoms with E-state index in [9.17, 15) is 10.1 Å². The fraction of sp³-hybridized carbons (Fsp3) is 0.143. The molecule has 2 rings (SSSR count). The van der Waals surface area contributed by atoms with Gasteiger partial charge in [-0.25, -0.2) is 5.43 Å². The maximum absolute atomic E-state index is 10.4. The molecule has 1 unspecified atom stereocenters. The molecular formula is C7H8N4O3S. The highest BCUT2D eigenvalue weighted by Gasteiger charge is 2.24. The minimum atomic E-state index is -0.582. The molecule has 1 aromatic rings. The van der Waals surface area contributed by atoms with Crippen LogP contribution in [-0.2, 0) is 0 Å². The highest BCUT2D eigenvalue weighted by Crippen LogP contribution is 2.31. The summed E-state index contributed by atoms with van der Waals surface area (Å²) in [6, 6.07) is 2.83. The van der Waals surface area contributed by atoms with Crippen LogP contribution in [-0.4, -0.2) is 10.4 Å². The van der Waals surface area contributed by atoms with Crippen LogP contribution in [0.1, 0.15) is 0 Å². The molecule has 1 aliphatic heterocycles. The van der Waals surface area contributed by atoms with E-state index in [0.717, 1.165) is 0 Å². The molecule has 15 heavy (non-hydrogen) atoms. The predicted molar refractivity (Wildman–Crippen MR) is 55.7 cm³/mol. The fourth-order valence-electron chi connectivity index (χ4n) is 1.18. The Morgan fingerprint density at radius 2 is 2.47 bits per heavy atom. The average Bonchev–Trinajstić information content (AvgIpc) is 2.85. The number of anilines is 1. The van der Waals surface area contributed by atoms with Crippen molar-refractivity contribution in [3.8, 4) is 0 Å². The van der Waals surface area contributed by atoms with Crippen molar-refractivity contribution in [2.45, 2.75) is 5.50 Å². The van der Waals surface area contributed by atoms with Crippen LogP contribution in [0.2, 0.25) is 0 Å². The average molecular weight is 228 g/mol. The number of nitrogens with zero attached hydrogens (tertiary/aromatic N) is 2. The molecule has 0 fully saturated rings. The maximum atomic E-state index is 10.4. The molecule has 8 heteroatoms.